The highest BCUT2D eigenvalue weighted by Crippen LogP contribution is 2.10. The number of benzene rings is 1. The lowest BCUT2D eigenvalue weighted by molar-refractivity contribution is -0.120. The van der Waals surface area contributed by atoms with Crippen LogP contribution < -0.4 is 5.32 Å². The maximum atomic E-state index is 11.1. The van der Waals surface area contributed by atoms with Crippen molar-refractivity contribution in [3.8, 4) is 6.07 Å². The molecule has 0 aliphatic rings. The first-order chi connectivity index (χ1) is 6.74. The van der Waals surface area contributed by atoms with Gasteiger partial charge in [0, 0.05) is 0 Å². The lowest BCUT2D eigenvalue weighted by Crippen LogP contribution is -2.25. The Kier molecular flexibility index (Phi) is 3.69. The van der Waals surface area contributed by atoms with Crippen molar-refractivity contribution in [2.24, 2.45) is 0 Å². The monoisotopic (exact) mass is 188 g/mol. The fourth-order valence-corrected chi connectivity index (χ4v) is 1.19. The van der Waals surface area contributed by atoms with Crippen molar-refractivity contribution in [1.29, 1.82) is 5.26 Å². The van der Waals surface area contributed by atoms with Crippen LogP contribution in [0.2, 0.25) is 0 Å². The number of carbonyl (C=O) groups excluding carboxylic acids is 1. The molecule has 1 aromatic carbocycles. The molecule has 3 heteroatoms. The molecule has 0 heterocycles. The summed E-state index contributed by atoms with van der Waals surface area (Å²) in [7, 11) is 0. The summed E-state index contributed by atoms with van der Waals surface area (Å²) in [5.41, 5.74) is 1.04. The van der Waals surface area contributed by atoms with Crippen molar-refractivity contribution in [2.75, 3.05) is 0 Å². The van der Waals surface area contributed by atoms with Crippen molar-refractivity contribution < 1.29 is 4.79 Å². The largest absolute Gasteiger partial charge is 0.349 e. The minimum Gasteiger partial charge on any atom is -0.349 e. The van der Waals surface area contributed by atoms with Crippen LogP contribution in [0.25, 0.3) is 0 Å². The minimum absolute atomic E-state index is 0.0444. The fourth-order valence-electron chi connectivity index (χ4n) is 1.19. The number of carbonyl (C=O) groups is 1. The molecule has 0 fully saturated rings. The van der Waals surface area contributed by atoms with Gasteiger partial charge in [-0.1, -0.05) is 30.3 Å². The van der Waals surface area contributed by atoms with Gasteiger partial charge in [0.2, 0.25) is 5.91 Å². The Labute approximate surface area is 83.4 Å². The van der Waals surface area contributed by atoms with E-state index in [1.165, 1.54) is 0 Å². The Hall–Kier alpha value is -1.82. The molecule has 1 aromatic rings. The van der Waals surface area contributed by atoms with Crippen molar-refractivity contribution in [1.82, 2.24) is 5.32 Å². The summed E-state index contributed by atoms with van der Waals surface area (Å²) in [6.07, 6.45) is -0.0861. The number of nitriles is 1. The van der Waals surface area contributed by atoms with Gasteiger partial charge < -0.3 is 5.32 Å². The van der Waals surface area contributed by atoms with E-state index in [9.17, 15) is 4.79 Å². The Morgan fingerprint density at radius 3 is 2.71 bits per heavy atom. The highest BCUT2D eigenvalue weighted by molar-refractivity contribution is 5.78. The standard InChI is InChI=1S/C11H12N2O/c1-9(13-11(14)7-8-12)10-5-3-2-4-6-10/h2-6,9H,7H2,1H3,(H,13,14)/t9-/m0/s1. The third kappa shape index (κ3) is 2.91. The molecule has 0 aromatic heterocycles. The van der Waals surface area contributed by atoms with Crippen LogP contribution in [-0.2, 0) is 4.79 Å². The van der Waals surface area contributed by atoms with Gasteiger partial charge in [0.1, 0.15) is 6.42 Å². The molecular formula is C11H12N2O. The van der Waals surface area contributed by atoms with E-state index >= 15 is 0 Å². The Morgan fingerprint density at radius 1 is 1.50 bits per heavy atom. The molecule has 0 saturated carbocycles. The predicted molar refractivity (Wildman–Crippen MR) is 53.2 cm³/mol. The zero-order chi connectivity index (χ0) is 10.4. The average molecular weight is 188 g/mol. The molecule has 0 aliphatic carbocycles. The number of rotatable bonds is 3. The van der Waals surface area contributed by atoms with Crippen LogP contribution in [-0.4, -0.2) is 5.91 Å². The lowest BCUT2D eigenvalue weighted by Gasteiger charge is -2.12. The second-order valence-corrected chi connectivity index (χ2v) is 3.03. The molecule has 3 nitrogen and oxygen atoms in total. The summed E-state index contributed by atoms with van der Waals surface area (Å²) in [5.74, 6) is -0.233. The summed E-state index contributed by atoms with van der Waals surface area (Å²) in [4.78, 5) is 11.1. The van der Waals surface area contributed by atoms with E-state index in [4.69, 9.17) is 5.26 Å². The highest BCUT2D eigenvalue weighted by Gasteiger charge is 2.07. The van der Waals surface area contributed by atoms with Crippen LogP contribution in [0.5, 0.6) is 0 Å². The van der Waals surface area contributed by atoms with E-state index in [0.717, 1.165) is 5.56 Å². The molecular weight excluding hydrogens is 176 g/mol. The first-order valence-corrected chi connectivity index (χ1v) is 4.45. The van der Waals surface area contributed by atoms with E-state index in [1.807, 2.05) is 43.3 Å². The number of hydrogen-bond acceptors (Lipinski definition) is 2. The maximum absolute atomic E-state index is 11.1. The van der Waals surface area contributed by atoms with Crippen LogP contribution in [0.3, 0.4) is 0 Å². The maximum Gasteiger partial charge on any atom is 0.234 e. The van der Waals surface area contributed by atoms with Gasteiger partial charge in [0.25, 0.3) is 0 Å². The van der Waals surface area contributed by atoms with Crippen LogP contribution in [0, 0.1) is 11.3 Å². The smallest absolute Gasteiger partial charge is 0.234 e. The summed E-state index contributed by atoms with van der Waals surface area (Å²) in [5, 5.41) is 11.0. The molecule has 0 radical (unpaired) electrons. The average Bonchev–Trinajstić information content (AvgIpc) is 2.19. The predicted octanol–water partition coefficient (Wildman–Crippen LogP) is 1.78. The number of amides is 1. The van der Waals surface area contributed by atoms with Gasteiger partial charge in [-0.3, -0.25) is 4.79 Å². The van der Waals surface area contributed by atoms with Gasteiger partial charge in [-0.25, -0.2) is 0 Å². The third-order valence-corrected chi connectivity index (χ3v) is 1.92. The SMILES string of the molecule is C[C@H](NC(=O)CC#N)c1ccccc1. The highest BCUT2D eigenvalue weighted by atomic mass is 16.1. The second-order valence-electron chi connectivity index (χ2n) is 3.03. The van der Waals surface area contributed by atoms with Crippen LogP contribution in [0.1, 0.15) is 24.9 Å². The van der Waals surface area contributed by atoms with Crippen LogP contribution in [0.4, 0.5) is 0 Å². The minimum atomic E-state index is -0.233. The summed E-state index contributed by atoms with van der Waals surface area (Å²) >= 11 is 0. The molecule has 0 saturated heterocycles. The van der Waals surface area contributed by atoms with Crippen molar-refractivity contribution in [2.45, 2.75) is 19.4 Å². The topological polar surface area (TPSA) is 52.9 Å². The van der Waals surface area contributed by atoms with E-state index in [1.54, 1.807) is 0 Å². The zero-order valence-electron chi connectivity index (χ0n) is 8.03. The molecule has 0 unspecified atom stereocenters. The van der Waals surface area contributed by atoms with E-state index in [0.29, 0.717) is 0 Å². The first-order valence-electron chi connectivity index (χ1n) is 4.45. The molecule has 0 bridgehead atoms. The normalized spacial score (nSPS) is 11.4. The first kappa shape index (κ1) is 10.3. The molecule has 72 valence electrons. The van der Waals surface area contributed by atoms with Crippen molar-refractivity contribution in [3.63, 3.8) is 0 Å². The fraction of sp³-hybridized carbons (Fsp3) is 0.273. The zero-order valence-corrected chi connectivity index (χ0v) is 8.03. The molecule has 1 N–H and O–H groups in total. The Bertz CT molecular complexity index is 340. The van der Waals surface area contributed by atoms with Crippen LogP contribution in [0.15, 0.2) is 30.3 Å². The summed E-state index contributed by atoms with van der Waals surface area (Å²) in [6.45, 7) is 1.89. The summed E-state index contributed by atoms with van der Waals surface area (Å²) in [6, 6.07) is 11.4. The second kappa shape index (κ2) is 5.03. The quantitative estimate of drug-likeness (QED) is 0.786. The number of nitrogens with one attached hydrogen (secondary N) is 1. The molecule has 0 spiro atoms. The summed E-state index contributed by atoms with van der Waals surface area (Å²) < 4.78 is 0. The molecule has 1 atom stereocenters. The van der Waals surface area contributed by atoms with Gasteiger partial charge in [0.05, 0.1) is 12.1 Å². The number of nitrogens with zero attached hydrogens (tertiary/aromatic N) is 1. The Morgan fingerprint density at radius 2 is 2.14 bits per heavy atom. The molecule has 0 aliphatic heterocycles. The molecule has 1 amide bonds. The third-order valence-electron chi connectivity index (χ3n) is 1.92. The van der Waals surface area contributed by atoms with E-state index in [-0.39, 0.29) is 18.4 Å². The lowest BCUT2D eigenvalue weighted by atomic mass is 10.1. The number of hydrogen-bond donors (Lipinski definition) is 1. The molecule has 14 heavy (non-hydrogen) atoms. The van der Waals surface area contributed by atoms with Gasteiger partial charge in [0.15, 0.2) is 0 Å². The van der Waals surface area contributed by atoms with Crippen molar-refractivity contribution >= 4 is 5.91 Å². The van der Waals surface area contributed by atoms with E-state index < -0.39 is 0 Å². The Balaban J connectivity index is 2.56. The van der Waals surface area contributed by atoms with E-state index in [2.05, 4.69) is 5.32 Å². The molecule has 1 rings (SSSR count). The van der Waals surface area contributed by atoms with Gasteiger partial charge in [-0.2, -0.15) is 5.26 Å². The van der Waals surface area contributed by atoms with Crippen LogP contribution >= 0.6 is 0 Å². The van der Waals surface area contributed by atoms with Gasteiger partial charge >= 0.3 is 0 Å². The van der Waals surface area contributed by atoms with Crippen molar-refractivity contribution in [3.05, 3.63) is 35.9 Å². The van der Waals surface area contributed by atoms with Gasteiger partial charge in [-0.05, 0) is 12.5 Å². The van der Waals surface area contributed by atoms with Gasteiger partial charge in [-0.15, -0.1) is 0 Å².